The van der Waals surface area contributed by atoms with Gasteiger partial charge < -0.3 is 15.6 Å². The van der Waals surface area contributed by atoms with Crippen molar-refractivity contribution in [3.8, 4) is 0 Å². The van der Waals surface area contributed by atoms with E-state index in [1.165, 1.54) is 33.3 Å². The molecule has 1 fully saturated rings. The van der Waals surface area contributed by atoms with Gasteiger partial charge in [0, 0.05) is 37.3 Å². The summed E-state index contributed by atoms with van der Waals surface area (Å²) in [6.07, 6.45) is 0. The molecule has 0 unspecified atom stereocenters. The van der Waals surface area contributed by atoms with Crippen LogP contribution in [0, 0.1) is 13.8 Å². The maximum absolute atomic E-state index is 12.6. The lowest BCUT2D eigenvalue weighted by Gasteiger charge is -2.37. The number of carbonyl (C=O) groups excluding carboxylic acids is 1. The summed E-state index contributed by atoms with van der Waals surface area (Å²) in [5, 5.41) is 8.89. The number of piperazine rings is 1. The molecule has 7 nitrogen and oxygen atoms in total. The van der Waals surface area contributed by atoms with Gasteiger partial charge >= 0.3 is 0 Å². The Bertz CT molecular complexity index is 849. The second-order valence-electron chi connectivity index (χ2n) is 8.30. The Kier molecular flexibility index (Phi) is 5.88. The molecule has 1 aromatic carbocycles. The number of rotatable bonds is 4. The van der Waals surface area contributed by atoms with Crippen molar-refractivity contribution in [3.05, 3.63) is 35.2 Å². The van der Waals surface area contributed by atoms with Gasteiger partial charge in [-0.25, -0.2) is 4.68 Å². The van der Waals surface area contributed by atoms with E-state index in [2.05, 4.69) is 47.1 Å². The fourth-order valence-corrected chi connectivity index (χ4v) is 4.14. The second-order valence-corrected chi connectivity index (χ2v) is 9.24. The molecule has 1 saturated heterocycles. The number of nitrogens with zero attached hydrogens (tertiary/aromatic N) is 5. The molecule has 28 heavy (non-hydrogen) atoms. The van der Waals surface area contributed by atoms with Gasteiger partial charge in [-0.15, -0.1) is 10.2 Å². The van der Waals surface area contributed by atoms with E-state index in [0.29, 0.717) is 16.7 Å². The van der Waals surface area contributed by atoms with Crippen molar-refractivity contribution in [3.63, 3.8) is 0 Å². The largest absolute Gasteiger partial charge is 0.368 e. The highest BCUT2D eigenvalue weighted by atomic mass is 32.2. The van der Waals surface area contributed by atoms with Gasteiger partial charge in [0.1, 0.15) is 0 Å². The van der Waals surface area contributed by atoms with Crippen LogP contribution in [0.4, 0.5) is 5.69 Å². The van der Waals surface area contributed by atoms with Crippen molar-refractivity contribution in [1.82, 2.24) is 19.8 Å². The molecule has 0 aliphatic carbocycles. The molecule has 3 rings (SSSR count). The fraction of sp³-hybridized carbons (Fsp3) is 0.550. The quantitative estimate of drug-likeness (QED) is 0.625. The minimum absolute atomic E-state index is 0.117. The molecular weight excluding hydrogens is 372 g/mol. The summed E-state index contributed by atoms with van der Waals surface area (Å²) in [5.41, 5.74) is 3.70. The number of carbonyl (C=O) groups is 1. The van der Waals surface area contributed by atoms with Gasteiger partial charge in [-0.05, 0) is 31.0 Å². The van der Waals surface area contributed by atoms with Crippen LogP contribution in [-0.4, -0.2) is 57.6 Å². The van der Waals surface area contributed by atoms with E-state index < -0.39 is 0 Å². The SMILES string of the molecule is Cc1cccc(N2CCN(C(=O)CSc3nnc(C(C)(C)C)n3N)CC2)c1C. The Morgan fingerprint density at radius 3 is 2.43 bits per heavy atom. The minimum Gasteiger partial charge on any atom is -0.368 e. The number of aromatic nitrogens is 3. The van der Waals surface area contributed by atoms with Crippen molar-refractivity contribution in [1.29, 1.82) is 0 Å². The Balaban J connectivity index is 1.55. The Morgan fingerprint density at radius 1 is 1.14 bits per heavy atom. The normalized spacial score (nSPS) is 15.2. The molecule has 2 aromatic rings. The zero-order chi connectivity index (χ0) is 20.5. The fourth-order valence-electron chi connectivity index (χ4n) is 3.38. The minimum atomic E-state index is -0.186. The van der Waals surface area contributed by atoms with E-state index in [-0.39, 0.29) is 11.3 Å². The molecule has 0 radical (unpaired) electrons. The van der Waals surface area contributed by atoms with Crippen LogP contribution in [0.25, 0.3) is 0 Å². The summed E-state index contributed by atoms with van der Waals surface area (Å²) in [4.78, 5) is 16.9. The highest BCUT2D eigenvalue weighted by Gasteiger charge is 2.25. The van der Waals surface area contributed by atoms with Crippen LogP contribution >= 0.6 is 11.8 Å². The lowest BCUT2D eigenvalue weighted by atomic mass is 9.96. The lowest BCUT2D eigenvalue weighted by Crippen LogP contribution is -2.49. The monoisotopic (exact) mass is 402 g/mol. The number of nitrogens with two attached hydrogens (primary N) is 1. The lowest BCUT2D eigenvalue weighted by molar-refractivity contribution is -0.128. The van der Waals surface area contributed by atoms with Gasteiger partial charge in [0.2, 0.25) is 11.1 Å². The van der Waals surface area contributed by atoms with E-state index in [0.717, 1.165) is 26.2 Å². The molecule has 2 heterocycles. The van der Waals surface area contributed by atoms with E-state index in [1.807, 2.05) is 25.7 Å². The molecule has 1 aliphatic rings. The summed E-state index contributed by atoms with van der Waals surface area (Å²) >= 11 is 1.35. The van der Waals surface area contributed by atoms with E-state index in [4.69, 9.17) is 5.84 Å². The van der Waals surface area contributed by atoms with Crippen molar-refractivity contribution in [2.75, 3.05) is 42.7 Å². The van der Waals surface area contributed by atoms with Gasteiger partial charge in [0.05, 0.1) is 5.75 Å². The van der Waals surface area contributed by atoms with Crippen molar-refractivity contribution < 1.29 is 4.79 Å². The van der Waals surface area contributed by atoms with Crippen LogP contribution < -0.4 is 10.7 Å². The summed E-state index contributed by atoms with van der Waals surface area (Å²) < 4.78 is 1.50. The standard InChI is InChI=1S/C20H30N6OS/c1-14-7-6-8-16(15(14)2)24-9-11-25(12-10-24)17(27)13-28-19-23-22-18(26(19)21)20(3,4)5/h6-8H,9-13,21H2,1-5H3. The Hall–Kier alpha value is -2.22. The third-order valence-electron chi connectivity index (χ3n) is 5.21. The summed E-state index contributed by atoms with van der Waals surface area (Å²) in [6.45, 7) is 13.6. The molecule has 1 aromatic heterocycles. The smallest absolute Gasteiger partial charge is 0.233 e. The topological polar surface area (TPSA) is 80.3 Å². The van der Waals surface area contributed by atoms with Gasteiger partial charge in [0.25, 0.3) is 0 Å². The second kappa shape index (κ2) is 8.03. The number of benzene rings is 1. The van der Waals surface area contributed by atoms with Crippen molar-refractivity contribution in [2.24, 2.45) is 0 Å². The number of amides is 1. The maximum Gasteiger partial charge on any atom is 0.233 e. The third-order valence-corrected chi connectivity index (χ3v) is 6.14. The number of thioether (sulfide) groups is 1. The van der Waals surface area contributed by atoms with Gasteiger partial charge in [-0.2, -0.15) is 0 Å². The first-order valence-electron chi connectivity index (χ1n) is 9.61. The van der Waals surface area contributed by atoms with E-state index >= 15 is 0 Å². The van der Waals surface area contributed by atoms with Gasteiger partial charge in [-0.1, -0.05) is 44.7 Å². The van der Waals surface area contributed by atoms with E-state index in [9.17, 15) is 4.79 Å². The van der Waals surface area contributed by atoms with Crippen LogP contribution in [0.2, 0.25) is 0 Å². The zero-order valence-electron chi connectivity index (χ0n) is 17.4. The zero-order valence-corrected chi connectivity index (χ0v) is 18.2. The van der Waals surface area contributed by atoms with Crippen LogP contribution in [-0.2, 0) is 10.2 Å². The number of nitrogen functional groups attached to an aromatic ring is 1. The molecule has 1 aliphatic heterocycles. The molecular formula is C20H30N6OS. The molecule has 1 amide bonds. The summed E-state index contributed by atoms with van der Waals surface area (Å²) in [7, 11) is 0. The first-order chi connectivity index (χ1) is 13.2. The number of aryl methyl sites for hydroxylation is 1. The molecule has 2 N–H and O–H groups in total. The molecule has 8 heteroatoms. The van der Waals surface area contributed by atoms with Crippen LogP contribution in [0.1, 0.15) is 37.7 Å². The molecule has 152 valence electrons. The Labute approximate surface area is 171 Å². The first kappa shape index (κ1) is 20.5. The molecule has 0 atom stereocenters. The average molecular weight is 403 g/mol. The van der Waals surface area contributed by atoms with Crippen LogP contribution in [0.3, 0.4) is 0 Å². The van der Waals surface area contributed by atoms with E-state index in [1.54, 1.807) is 0 Å². The van der Waals surface area contributed by atoms with Gasteiger partial charge in [0.15, 0.2) is 5.82 Å². The average Bonchev–Trinajstić information content (AvgIpc) is 3.03. The number of anilines is 1. The molecule has 0 bridgehead atoms. The number of hydrogen-bond donors (Lipinski definition) is 1. The summed E-state index contributed by atoms with van der Waals surface area (Å²) in [5.74, 6) is 7.25. The van der Waals surface area contributed by atoms with Crippen LogP contribution in [0.15, 0.2) is 23.4 Å². The molecule has 0 spiro atoms. The number of hydrogen-bond acceptors (Lipinski definition) is 6. The third kappa shape index (κ3) is 4.27. The molecule has 0 saturated carbocycles. The predicted octanol–water partition coefficient (Wildman–Crippen LogP) is 2.35. The predicted molar refractivity (Wildman–Crippen MR) is 114 cm³/mol. The first-order valence-corrected chi connectivity index (χ1v) is 10.6. The highest BCUT2D eigenvalue weighted by Crippen LogP contribution is 2.25. The van der Waals surface area contributed by atoms with Crippen LogP contribution in [0.5, 0.6) is 0 Å². The summed E-state index contributed by atoms with van der Waals surface area (Å²) in [6, 6.07) is 6.40. The van der Waals surface area contributed by atoms with Crippen molar-refractivity contribution >= 4 is 23.4 Å². The van der Waals surface area contributed by atoms with Gasteiger partial charge in [-0.3, -0.25) is 4.79 Å². The highest BCUT2D eigenvalue weighted by molar-refractivity contribution is 7.99. The maximum atomic E-state index is 12.6. The van der Waals surface area contributed by atoms with Crippen molar-refractivity contribution in [2.45, 2.75) is 45.2 Å². The Morgan fingerprint density at radius 2 is 1.82 bits per heavy atom.